The molecule has 0 aliphatic heterocycles. The number of fused-ring (bicyclic) bond motifs is 3. The summed E-state index contributed by atoms with van der Waals surface area (Å²) < 4.78 is 5.52. The Labute approximate surface area is 198 Å². The van der Waals surface area contributed by atoms with Crippen LogP contribution >= 0.6 is 0 Å². The van der Waals surface area contributed by atoms with Crippen molar-refractivity contribution >= 4 is 18.0 Å². The fourth-order valence-electron chi connectivity index (χ4n) is 4.13. The highest BCUT2D eigenvalue weighted by Gasteiger charge is 2.31. The van der Waals surface area contributed by atoms with Crippen LogP contribution < -0.4 is 10.6 Å². The molecule has 2 atom stereocenters. The van der Waals surface area contributed by atoms with E-state index in [9.17, 15) is 19.5 Å². The number of aliphatic carboxylic acids is 1. The Balaban J connectivity index is 1.62. The molecule has 1 aliphatic rings. The molecule has 0 aromatic heterocycles. The summed E-state index contributed by atoms with van der Waals surface area (Å²) in [7, 11) is 3.50. The number of ether oxygens (including phenoxy) is 1. The van der Waals surface area contributed by atoms with Crippen molar-refractivity contribution < 1.29 is 29.3 Å². The van der Waals surface area contributed by atoms with Crippen LogP contribution in [0, 0.1) is 0 Å². The van der Waals surface area contributed by atoms with Gasteiger partial charge in [0.15, 0.2) is 0 Å². The van der Waals surface area contributed by atoms with Gasteiger partial charge in [0, 0.05) is 19.0 Å². The van der Waals surface area contributed by atoms with E-state index in [1.54, 1.807) is 19.0 Å². The van der Waals surface area contributed by atoms with Crippen LogP contribution in [0.1, 0.15) is 30.4 Å². The van der Waals surface area contributed by atoms with E-state index in [1.807, 2.05) is 48.5 Å². The van der Waals surface area contributed by atoms with Gasteiger partial charge >= 0.3 is 12.1 Å². The molecule has 0 saturated carbocycles. The fraction of sp³-hybridized carbons (Fsp3) is 0.400. The number of carbonyl (C=O) groups is 3. The Morgan fingerprint density at radius 2 is 1.62 bits per heavy atom. The second-order valence-corrected chi connectivity index (χ2v) is 9.07. The smallest absolute Gasteiger partial charge is 0.407 e. The first-order valence-electron chi connectivity index (χ1n) is 11.1. The summed E-state index contributed by atoms with van der Waals surface area (Å²) >= 11 is 0. The molecular formula is C25H31N3O6. The lowest BCUT2D eigenvalue weighted by Crippen LogP contribution is -2.54. The van der Waals surface area contributed by atoms with Crippen LogP contribution in [0.4, 0.5) is 4.79 Å². The molecule has 0 bridgehead atoms. The van der Waals surface area contributed by atoms with Crippen LogP contribution in [0.25, 0.3) is 11.1 Å². The van der Waals surface area contributed by atoms with Gasteiger partial charge in [0.25, 0.3) is 0 Å². The zero-order valence-electron chi connectivity index (χ0n) is 19.6. The maximum atomic E-state index is 12.7. The van der Waals surface area contributed by atoms with Crippen molar-refractivity contribution in [1.82, 2.24) is 15.5 Å². The highest BCUT2D eigenvalue weighted by atomic mass is 16.5. The highest BCUT2D eigenvalue weighted by molar-refractivity contribution is 5.86. The number of hydrogen-bond acceptors (Lipinski definition) is 6. The molecule has 0 saturated heterocycles. The van der Waals surface area contributed by atoms with Crippen molar-refractivity contribution in [2.45, 2.75) is 30.9 Å². The molecule has 1 aliphatic carbocycles. The number of amides is 2. The summed E-state index contributed by atoms with van der Waals surface area (Å²) in [5, 5.41) is 24.1. The van der Waals surface area contributed by atoms with Crippen molar-refractivity contribution in [3.05, 3.63) is 59.7 Å². The molecule has 2 aromatic carbocycles. The van der Waals surface area contributed by atoms with Crippen molar-refractivity contribution in [3.8, 4) is 11.1 Å². The van der Waals surface area contributed by atoms with Gasteiger partial charge in [-0.3, -0.25) is 9.59 Å². The monoisotopic (exact) mass is 469 g/mol. The molecule has 2 aromatic rings. The molecular weight excluding hydrogens is 438 g/mol. The zero-order valence-corrected chi connectivity index (χ0v) is 19.6. The van der Waals surface area contributed by atoms with Crippen LogP contribution in [0.3, 0.4) is 0 Å². The topological polar surface area (TPSA) is 128 Å². The SMILES string of the molecule is CN(C)C[C@H](NC(=O)OCC1c2ccccc2-c2ccccc21)C(=O)NCC(C)(O)CC(=O)O. The van der Waals surface area contributed by atoms with Crippen molar-refractivity contribution in [2.24, 2.45) is 0 Å². The predicted octanol–water partition coefficient (Wildman–Crippen LogP) is 1.80. The normalized spacial score (nSPS) is 15.1. The molecule has 34 heavy (non-hydrogen) atoms. The van der Waals surface area contributed by atoms with Gasteiger partial charge in [-0.1, -0.05) is 48.5 Å². The van der Waals surface area contributed by atoms with E-state index in [0.717, 1.165) is 22.3 Å². The molecule has 2 amide bonds. The van der Waals surface area contributed by atoms with E-state index in [1.165, 1.54) is 6.92 Å². The highest BCUT2D eigenvalue weighted by Crippen LogP contribution is 2.44. The molecule has 1 unspecified atom stereocenters. The number of nitrogens with zero attached hydrogens (tertiary/aromatic N) is 1. The third-order valence-electron chi connectivity index (χ3n) is 5.68. The minimum atomic E-state index is -1.62. The first kappa shape index (κ1) is 25.2. The maximum Gasteiger partial charge on any atom is 0.407 e. The summed E-state index contributed by atoms with van der Waals surface area (Å²) in [6.07, 6.45) is -1.26. The fourth-order valence-corrected chi connectivity index (χ4v) is 4.13. The number of aliphatic hydroxyl groups is 1. The number of rotatable bonds is 10. The van der Waals surface area contributed by atoms with E-state index >= 15 is 0 Å². The third-order valence-corrected chi connectivity index (χ3v) is 5.68. The molecule has 182 valence electrons. The minimum Gasteiger partial charge on any atom is -0.481 e. The average molecular weight is 470 g/mol. The van der Waals surface area contributed by atoms with Gasteiger partial charge < -0.3 is 30.5 Å². The van der Waals surface area contributed by atoms with Gasteiger partial charge in [-0.15, -0.1) is 0 Å². The second-order valence-electron chi connectivity index (χ2n) is 9.07. The first-order chi connectivity index (χ1) is 16.1. The van der Waals surface area contributed by atoms with Crippen LogP contribution in [0.2, 0.25) is 0 Å². The molecule has 0 heterocycles. The quantitative estimate of drug-likeness (QED) is 0.418. The predicted molar refractivity (Wildman–Crippen MR) is 126 cm³/mol. The van der Waals surface area contributed by atoms with Gasteiger partial charge in [0.2, 0.25) is 5.91 Å². The number of carboxylic acid groups (broad SMARTS) is 1. The lowest BCUT2D eigenvalue weighted by molar-refractivity contribution is -0.142. The average Bonchev–Trinajstić information content (AvgIpc) is 3.08. The number of benzene rings is 2. The van der Waals surface area contributed by atoms with Gasteiger partial charge in [-0.25, -0.2) is 4.79 Å². The summed E-state index contributed by atoms with van der Waals surface area (Å²) in [6, 6.07) is 15.0. The third kappa shape index (κ3) is 6.33. The standard InChI is InChI=1S/C25H31N3O6/c1-25(33,12-22(29)30)15-26-23(31)21(13-28(2)3)27-24(32)34-14-20-18-10-6-4-8-16(18)17-9-5-7-11-19(17)20/h4-11,20-21,33H,12-15H2,1-3H3,(H,26,31)(H,27,32)(H,29,30)/t21-,25?/m0/s1. The van der Waals surface area contributed by atoms with E-state index in [4.69, 9.17) is 9.84 Å². The van der Waals surface area contributed by atoms with Crippen molar-refractivity contribution in [1.29, 1.82) is 0 Å². The molecule has 4 N–H and O–H groups in total. The Bertz CT molecular complexity index is 1010. The van der Waals surface area contributed by atoms with Gasteiger partial charge in [-0.2, -0.15) is 0 Å². The zero-order chi connectivity index (χ0) is 24.9. The molecule has 0 fully saturated rings. The number of hydrogen-bond donors (Lipinski definition) is 4. The molecule has 3 rings (SSSR count). The number of likely N-dealkylation sites (N-methyl/N-ethyl adjacent to an activating group) is 1. The lowest BCUT2D eigenvalue weighted by atomic mass is 9.98. The Morgan fingerprint density at radius 1 is 1.06 bits per heavy atom. The molecule has 9 nitrogen and oxygen atoms in total. The lowest BCUT2D eigenvalue weighted by Gasteiger charge is -2.25. The Morgan fingerprint density at radius 3 is 2.15 bits per heavy atom. The van der Waals surface area contributed by atoms with E-state index in [2.05, 4.69) is 10.6 Å². The number of nitrogens with one attached hydrogen (secondary N) is 2. The molecule has 0 spiro atoms. The van der Waals surface area contributed by atoms with E-state index in [-0.39, 0.29) is 25.6 Å². The maximum absolute atomic E-state index is 12.7. The number of alkyl carbamates (subject to hydrolysis) is 1. The number of carbonyl (C=O) groups excluding carboxylic acids is 2. The molecule has 9 heteroatoms. The van der Waals surface area contributed by atoms with Gasteiger partial charge in [-0.05, 0) is 43.3 Å². The van der Waals surface area contributed by atoms with Crippen LogP contribution in [0.5, 0.6) is 0 Å². The summed E-state index contributed by atoms with van der Waals surface area (Å²) in [4.78, 5) is 37.9. The number of carboxylic acids is 1. The Kier molecular flexibility index (Phi) is 7.90. The summed E-state index contributed by atoms with van der Waals surface area (Å²) in [5.41, 5.74) is 2.78. The van der Waals surface area contributed by atoms with Crippen molar-refractivity contribution in [3.63, 3.8) is 0 Å². The second kappa shape index (κ2) is 10.7. The van der Waals surface area contributed by atoms with Crippen LogP contribution in [-0.4, -0.2) is 78.5 Å². The van der Waals surface area contributed by atoms with Crippen LogP contribution in [0.15, 0.2) is 48.5 Å². The Hall–Kier alpha value is -3.43. The van der Waals surface area contributed by atoms with Crippen LogP contribution in [-0.2, 0) is 14.3 Å². The largest absolute Gasteiger partial charge is 0.481 e. The summed E-state index contributed by atoms with van der Waals surface area (Å²) in [6.45, 7) is 1.36. The first-order valence-corrected chi connectivity index (χ1v) is 11.1. The van der Waals surface area contributed by atoms with Crippen molar-refractivity contribution in [2.75, 3.05) is 33.8 Å². The van der Waals surface area contributed by atoms with Gasteiger partial charge in [0.05, 0.1) is 12.0 Å². The minimum absolute atomic E-state index is 0.106. The van der Waals surface area contributed by atoms with Gasteiger partial charge in [0.1, 0.15) is 12.6 Å². The summed E-state index contributed by atoms with van der Waals surface area (Å²) in [5.74, 6) is -1.83. The molecule has 0 radical (unpaired) electrons. The van der Waals surface area contributed by atoms with E-state index in [0.29, 0.717) is 0 Å². The van der Waals surface area contributed by atoms with E-state index < -0.39 is 36.0 Å².